The van der Waals surface area contributed by atoms with Crippen LogP contribution in [0.4, 0.5) is 0 Å². The molecule has 2 nitrogen and oxygen atoms in total. The van der Waals surface area contributed by atoms with Gasteiger partial charge in [0.05, 0.1) is 11.5 Å². The summed E-state index contributed by atoms with van der Waals surface area (Å²) in [5.74, 6) is 0.216. The van der Waals surface area contributed by atoms with E-state index < -0.39 is 5.41 Å². The Bertz CT molecular complexity index is 390. The summed E-state index contributed by atoms with van der Waals surface area (Å²) in [6.07, 6.45) is 5.93. The first-order valence-electron chi connectivity index (χ1n) is 5.83. The van der Waals surface area contributed by atoms with Gasteiger partial charge in [-0.05, 0) is 37.8 Å². The molecule has 1 atom stereocenters. The van der Waals surface area contributed by atoms with E-state index in [2.05, 4.69) is 13.2 Å². The summed E-state index contributed by atoms with van der Waals surface area (Å²) >= 11 is 0. The Labute approximate surface area is 97.3 Å². The molecule has 0 radical (unpaired) electrons. The maximum Gasteiger partial charge on any atom is 0.232 e. The smallest absolute Gasteiger partial charge is 0.232 e. The molecule has 1 saturated heterocycles. The van der Waals surface area contributed by atoms with Crippen LogP contribution in [-0.2, 0) is 4.79 Å². The molecule has 16 heavy (non-hydrogen) atoms. The summed E-state index contributed by atoms with van der Waals surface area (Å²) < 4.78 is 0. The van der Waals surface area contributed by atoms with E-state index >= 15 is 0 Å². The van der Waals surface area contributed by atoms with Crippen LogP contribution < -0.4 is 0 Å². The van der Waals surface area contributed by atoms with Crippen LogP contribution in [0.3, 0.4) is 0 Å². The van der Waals surface area contributed by atoms with Crippen molar-refractivity contribution in [2.45, 2.75) is 32.7 Å². The van der Waals surface area contributed by atoms with Crippen LogP contribution in [0, 0.1) is 5.41 Å². The molecule has 2 rings (SSSR count). The maximum atomic E-state index is 12.4. The highest BCUT2D eigenvalue weighted by Crippen LogP contribution is 2.37. The normalized spacial score (nSPS) is 28.5. The van der Waals surface area contributed by atoms with Crippen LogP contribution in [0.15, 0.2) is 36.5 Å². The number of hydrogen-bond acceptors (Lipinski definition) is 1. The SMILES string of the molecule is C=CC1=CC(C)(C)C(=O)N2CCC[C@H]2C1=C. The van der Waals surface area contributed by atoms with Gasteiger partial charge < -0.3 is 4.90 Å². The van der Waals surface area contributed by atoms with Crippen LogP contribution in [0.1, 0.15) is 26.7 Å². The first-order chi connectivity index (χ1) is 7.47. The van der Waals surface area contributed by atoms with Gasteiger partial charge in [-0.1, -0.05) is 25.3 Å². The molecule has 2 aliphatic rings. The zero-order chi connectivity index (χ0) is 11.9. The van der Waals surface area contributed by atoms with Crippen molar-refractivity contribution in [2.75, 3.05) is 6.54 Å². The predicted molar refractivity (Wildman–Crippen MR) is 65.9 cm³/mol. The van der Waals surface area contributed by atoms with E-state index in [0.717, 1.165) is 30.5 Å². The lowest BCUT2D eigenvalue weighted by molar-refractivity contribution is -0.137. The van der Waals surface area contributed by atoms with Crippen molar-refractivity contribution in [3.05, 3.63) is 36.5 Å². The molecule has 0 spiro atoms. The molecule has 86 valence electrons. The van der Waals surface area contributed by atoms with Crippen molar-refractivity contribution >= 4 is 5.91 Å². The summed E-state index contributed by atoms with van der Waals surface area (Å²) in [5.41, 5.74) is 1.64. The zero-order valence-electron chi connectivity index (χ0n) is 10.1. The minimum atomic E-state index is -0.439. The van der Waals surface area contributed by atoms with Gasteiger partial charge in [-0.3, -0.25) is 4.79 Å². The lowest BCUT2D eigenvalue weighted by Crippen LogP contribution is -2.41. The van der Waals surface area contributed by atoms with Gasteiger partial charge in [-0.15, -0.1) is 0 Å². The largest absolute Gasteiger partial charge is 0.335 e. The summed E-state index contributed by atoms with van der Waals surface area (Å²) in [6.45, 7) is 12.8. The topological polar surface area (TPSA) is 20.3 Å². The van der Waals surface area contributed by atoms with E-state index in [0.29, 0.717) is 0 Å². The molecule has 0 aromatic rings. The summed E-state index contributed by atoms with van der Waals surface area (Å²) in [4.78, 5) is 14.3. The van der Waals surface area contributed by atoms with E-state index in [9.17, 15) is 4.79 Å². The number of rotatable bonds is 1. The van der Waals surface area contributed by atoms with E-state index in [1.165, 1.54) is 0 Å². The van der Waals surface area contributed by atoms with Crippen LogP contribution in [0.2, 0.25) is 0 Å². The van der Waals surface area contributed by atoms with Gasteiger partial charge in [0, 0.05) is 6.54 Å². The second-order valence-electron chi connectivity index (χ2n) is 5.21. The fourth-order valence-electron chi connectivity index (χ4n) is 2.67. The number of carbonyl (C=O) groups is 1. The zero-order valence-corrected chi connectivity index (χ0v) is 10.1. The molecule has 0 saturated carbocycles. The number of carbonyl (C=O) groups excluding carboxylic acids is 1. The van der Waals surface area contributed by atoms with Gasteiger partial charge in [0.15, 0.2) is 0 Å². The van der Waals surface area contributed by atoms with Crippen molar-refractivity contribution in [1.82, 2.24) is 4.90 Å². The van der Waals surface area contributed by atoms with E-state index in [1.54, 1.807) is 0 Å². The van der Waals surface area contributed by atoms with Crippen LogP contribution >= 0.6 is 0 Å². The molecule has 0 aromatic carbocycles. The quantitative estimate of drug-likeness (QED) is 0.661. The van der Waals surface area contributed by atoms with Crippen LogP contribution in [0.25, 0.3) is 0 Å². The third kappa shape index (κ3) is 1.53. The monoisotopic (exact) mass is 217 g/mol. The van der Waals surface area contributed by atoms with Gasteiger partial charge in [0.1, 0.15) is 0 Å². The fraction of sp³-hybridized carbons (Fsp3) is 0.500. The Morgan fingerprint density at radius 3 is 2.88 bits per heavy atom. The van der Waals surface area contributed by atoms with Gasteiger partial charge >= 0.3 is 0 Å². The van der Waals surface area contributed by atoms with E-state index in [1.807, 2.05) is 30.9 Å². The molecule has 0 aliphatic carbocycles. The summed E-state index contributed by atoms with van der Waals surface area (Å²) in [6, 6.07) is 0.193. The van der Waals surface area contributed by atoms with E-state index in [-0.39, 0.29) is 11.9 Å². The predicted octanol–water partition coefficient (Wildman–Crippen LogP) is 2.69. The Hall–Kier alpha value is -1.31. The molecule has 2 heterocycles. The Kier molecular flexibility index (Phi) is 2.53. The van der Waals surface area contributed by atoms with Crippen molar-refractivity contribution < 1.29 is 4.79 Å². The van der Waals surface area contributed by atoms with E-state index in [4.69, 9.17) is 0 Å². The molecule has 0 unspecified atom stereocenters. The molecule has 0 N–H and O–H groups in total. The molecule has 0 aromatic heterocycles. The summed E-state index contributed by atoms with van der Waals surface area (Å²) in [5, 5.41) is 0. The lowest BCUT2D eigenvalue weighted by atomic mass is 9.89. The third-order valence-electron chi connectivity index (χ3n) is 3.57. The fourth-order valence-corrected chi connectivity index (χ4v) is 2.67. The molecular formula is C14H19NO. The Balaban J connectivity index is 2.50. The second kappa shape index (κ2) is 3.62. The number of amides is 1. The number of hydrogen-bond donors (Lipinski definition) is 0. The highest BCUT2D eigenvalue weighted by Gasteiger charge is 2.40. The molecule has 2 aliphatic heterocycles. The number of allylic oxidation sites excluding steroid dienone is 1. The molecule has 0 bridgehead atoms. The highest BCUT2D eigenvalue weighted by atomic mass is 16.2. The highest BCUT2D eigenvalue weighted by molar-refractivity contribution is 5.86. The van der Waals surface area contributed by atoms with Crippen molar-refractivity contribution in [3.8, 4) is 0 Å². The minimum absolute atomic E-state index is 0.193. The molecule has 1 amide bonds. The van der Waals surface area contributed by atoms with Gasteiger partial charge in [-0.2, -0.15) is 0 Å². The Morgan fingerprint density at radius 1 is 1.56 bits per heavy atom. The average Bonchev–Trinajstić information content (AvgIpc) is 2.69. The van der Waals surface area contributed by atoms with Gasteiger partial charge in [0.25, 0.3) is 0 Å². The van der Waals surface area contributed by atoms with Crippen molar-refractivity contribution in [1.29, 1.82) is 0 Å². The summed E-state index contributed by atoms with van der Waals surface area (Å²) in [7, 11) is 0. The molecule has 2 heteroatoms. The molecular weight excluding hydrogens is 198 g/mol. The third-order valence-corrected chi connectivity index (χ3v) is 3.57. The first kappa shape index (κ1) is 11.2. The standard InChI is InChI=1S/C14H19NO/c1-5-11-9-14(3,4)13(16)15-8-6-7-12(15)10(11)2/h5,9,12H,1-2,6-8H2,3-4H3/t12-/m0/s1. The average molecular weight is 217 g/mol. The van der Waals surface area contributed by atoms with Crippen LogP contribution in [0.5, 0.6) is 0 Å². The van der Waals surface area contributed by atoms with Gasteiger partial charge in [0.2, 0.25) is 5.91 Å². The Morgan fingerprint density at radius 2 is 2.25 bits per heavy atom. The minimum Gasteiger partial charge on any atom is -0.335 e. The van der Waals surface area contributed by atoms with Crippen molar-refractivity contribution in [3.63, 3.8) is 0 Å². The van der Waals surface area contributed by atoms with Crippen LogP contribution in [-0.4, -0.2) is 23.4 Å². The van der Waals surface area contributed by atoms with Crippen molar-refractivity contribution in [2.24, 2.45) is 5.41 Å². The first-order valence-corrected chi connectivity index (χ1v) is 5.83. The molecule has 1 fully saturated rings. The second-order valence-corrected chi connectivity index (χ2v) is 5.21. The maximum absolute atomic E-state index is 12.4. The lowest BCUT2D eigenvalue weighted by Gasteiger charge is -2.28. The number of nitrogens with zero attached hydrogens (tertiary/aromatic N) is 1. The number of fused-ring (bicyclic) bond motifs is 1. The van der Waals surface area contributed by atoms with Gasteiger partial charge in [-0.25, -0.2) is 0 Å².